The Morgan fingerprint density at radius 1 is 1.41 bits per heavy atom. The maximum absolute atomic E-state index is 12.9. The molecule has 1 aromatic carbocycles. The van der Waals surface area contributed by atoms with Crippen molar-refractivity contribution in [3.8, 4) is 0 Å². The fourth-order valence-corrected chi connectivity index (χ4v) is 2.96. The van der Waals surface area contributed by atoms with Gasteiger partial charge in [-0.25, -0.2) is 4.39 Å². The van der Waals surface area contributed by atoms with E-state index in [4.69, 9.17) is 0 Å². The molecule has 22 heavy (non-hydrogen) atoms. The quantitative estimate of drug-likeness (QED) is 0.659. The molecule has 2 aliphatic rings. The summed E-state index contributed by atoms with van der Waals surface area (Å²) in [5.41, 5.74) is 0.978. The molecule has 0 spiro atoms. The first-order valence-electron chi connectivity index (χ1n) is 7.46. The molecule has 0 radical (unpaired) electrons. The van der Waals surface area contributed by atoms with E-state index in [1.807, 2.05) is 0 Å². The van der Waals surface area contributed by atoms with E-state index in [1.54, 1.807) is 12.1 Å². The Balaban J connectivity index is 1.44. The minimum atomic E-state index is -0.695. The maximum atomic E-state index is 12.9. The molecular formula is C15H18FN3O3. The second-order valence-corrected chi connectivity index (χ2v) is 6.02. The summed E-state index contributed by atoms with van der Waals surface area (Å²) in [6, 6.07) is 5.69. The number of rotatable bonds is 5. The van der Waals surface area contributed by atoms with E-state index in [0.29, 0.717) is 18.9 Å². The first-order chi connectivity index (χ1) is 10.5. The minimum absolute atomic E-state index is 0.207. The van der Waals surface area contributed by atoms with Crippen LogP contribution in [0.2, 0.25) is 0 Å². The van der Waals surface area contributed by atoms with Crippen molar-refractivity contribution in [3.63, 3.8) is 0 Å². The molecule has 1 aliphatic heterocycles. The fourth-order valence-electron chi connectivity index (χ4n) is 2.96. The van der Waals surface area contributed by atoms with Crippen molar-refractivity contribution in [1.82, 2.24) is 5.32 Å². The number of hydrogen-bond donors (Lipinski definition) is 1. The van der Waals surface area contributed by atoms with E-state index in [0.717, 1.165) is 25.2 Å². The molecule has 1 aliphatic carbocycles. The van der Waals surface area contributed by atoms with Gasteiger partial charge in [0.2, 0.25) is 11.9 Å². The summed E-state index contributed by atoms with van der Waals surface area (Å²) in [5.74, 6) is -0.593. The molecule has 118 valence electrons. The molecule has 1 N–H and O–H groups in total. The summed E-state index contributed by atoms with van der Waals surface area (Å²) in [5, 5.41) is 13.4. The van der Waals surface area contributed by atoms with Crippen molar-refractivity contribution in [2.45, 2.75) is 18.9 Å². The van der Waals surface area contributed by atoms with Crippen molar-refractivity contribution in [3.05, 3.63) is 40.2 Å². The molecule has 7 heteroatoms. The second kappa shape index (κ2) is 5.90. The van der Waals surface area contributed by atoms with Crippen LogP contribution in [0.15, 0.2) is 24.3 Å². The number of carbonyl (C=O) groups is 1. The molecule has 0 bridgehead atoms. The summed E-state index contributed by atoms with van der Waals surface area (Å²) in [4.78, 5) is 24.1. The monoisotopic (exact) mass is 307 g/mol. The van der Waals surface area contributed by atoms with Crippen LogP contribution in [-0.4, -0.2) is 36.5 Å². The van der Waals surface area contributed by atoms with Gasteiger partial charge in [0.25, 0.3) is 0 Å². The van der Waals surface area contributed by atoms with E-state index in [9.17, 15) is 19.3 Å². The molecule has 1 saturated carbocycles. The Labute approximate surface area is 127 Å². The number of nitro groups is 1. The van der Waals surface area contributed by atoms with Crippen molar-refractivity contribution in [1.29, 1.82) is 0 Å². The first-order valence-corrected chi connectivity index (χ1v) is 7.46. The average molecular weight is 307 g/mol. The third-order valence-electron chi connectivity index (χ3n) is 4.41. The Bertz CT molecular complexity index is 578. The van der Waals surface area contributed by atoms with Crippen LogP contribution >= 0.6 is 0 Å². The molecule has 0 aromatic heterocycles. The van der Waals surface area contributed by atoms with Gasteiger partial charge >= 0.3 is 0 Å². The van der Waals surface area contributed by atoms with Crippen LogP contribution in [0, 0.1) is 27.8 Å². The van der Waals surface area contributed by atoms with Gasteiger partial charge in [-0.3, -0.25) is 14.9 Å². The fraction of sp³-hybridized carbons (Fsp3) is 0.533. The van der Waals surface area contributed by atoms with Crippen molar-refractivity contribution < 1.29 is 14.1 Å². The van der Waals surface area contributed by atoms with Gasteiger partial charge in [-0.1, -0.05) is 0 Å². The van der Waals surface area contributed by atoms with Crippen molar-refractivity contribution in [2.24, 2.45) is 11.8 Å². The average Bonchev–Trinajstić information content (AvgIpc) is 3.18. The van der Waals surface area contributed by atoms with E-state index in [-0.39, 0.29) is 16.6 Å². The van der Waals surface area contributed by atoms with E-state index in [2.05, 4.69) is 10.2 Å². The van der Waals surface area contributed by atoms with Crippen LogP contribution < -0.4 is 10.2 Å². The van der Waals surface area contributed by atoms with Crippen LogP contribution in [0.25, 0.3) is 0 Å². The second-order valence-electron chi connectivity index (χ2n) is 6.02. The number of nitrogens with zero attached hydrogens (tertiary/aromatic N) is 2. The van der Waals surface area contributed by atoms with Gasteiger partial charge in [0, 0.05) is 36.7 Å². The highest BCUT2D eigenvalue weighted by atomic mass is 19.1. The van der Waals surface area contributed by atoms with Crippen molar-refractivity contribution >= 4 is 11.6 Å². The highest BCUT2D eigenvalue weighted by molar-refractivity contribution is 5.81. The lowest BCUT2D eigenvalue weighted by Crippen LogP contribution is -2.33. The maximum Gasteiger partial charge on any atom is 0.230 e. The smallest absolute Gasteiger partial charge is 0.230 e. The van der Waals surface area contributed by atoms with Crippen LogP contribution in [0.5, 0.6) is 0 Å². The van der Waals surface area contributed by atoms with Crippen LogP contribution in [0.3, 0.4) is 0 Å². The Morgan fingerprint density at radius 3 is 2.77 bits per heavy atom. The highest BCUT2D eigenvalue weighted by Gasteiger charge is 2.53. The third-order valence-corrected chi connectivity index (χ3v) is 4.41. The summed E-state index contributed by atoms with van der Waals surface area (Å²) in [6.07, 6.45) is 1.30. The van der Waals surface area contributed by atoms with E-state index < -0.39 is 12.0 Å². The minimum Gasteiger partial charge on any atom is -0.371 e. The zero-order chi connectivity index (χ0) is 15.7. The standard InChI is InChI=1S/C15H18FN3O3/c16-11-1-3-12(4-2-11)18-6-5-10(9-18)8-17-15(20)13-7-14(13)19(21)22/h1-4,10,13-14H,5-9H2,(H,17,20). The van der Waals surface area contributed by atoms with Crippen LogP contribution in [0.1, 0.15) is 12.8 Å². The number of nitrogens with one attached hydrogen (secondary N) is 1. The molecule has 1 amide bonds. The van der Waals surface area contributed by atoms with Gasteiger partial charge in [-0.2, -0.15) is 0 Å². The van der Waals surface area contributed by atoms with Crippen molar-refractivity contribution in [2.75, 3.05) is 24.5 Å². The predicted octanol–water partition coefficient (Wildman–Crippen LogP) is 1.43. The van der Waals surface area contributed by atoms with Gasteiger partial charge in [0.15, 0.2) is 0 Å². The van der Waals surface area contributed by atoms with Gasteiger partial charge in [0.1, 0.15) is 11.7 Å². The van der Waals surface area contributed by atoms with E-state index in [1.165, 1.54) is 12.1 Å². The number of hydrogen-bond acceptors (Lipinski definition) is 4. The number of carbonyl (C=O) groups excluding carboxylic acids is 1. The van der Waals surface area contributed by atoms with Gasteiger partial charge in [-0.15, -0.1) is 0 Å². The molecule has 3 atom stereocenters. The van der Waals surface area contributed by atoms with E-state index >= 15 is 0 Å². The number of anilines is 1. The Morgan fingerprint density at radius 2 is 2.14 bits per heavy atom. The van der Waals surface area contributed by atoms with Gasteiger partial charge < -0.3 is 10.2 Å². The topological polar surface area (TPSA) is 75.5 Å². The molecule has 6 nitrogen and oxygen atoms in total. The lowest BCUT2D eigenvalue weighted by Gasteiger charge is -2.18. The number of halogens is 1. The summed E-state index contributed by atoms with van der Waals surface area (Å²) < 4.78 is 12.9. The number of benzene rings is 1. The zero-order valence-corrected chi connectivity index (χ0v) is 12.1. The summed E-state index contributed by atoms with van der Waals surface area (Å²) >= 11 is 0. The van der Waals surface area contributed by atoms with Crippen LogP contribution in [-0.2, 0) is 4.79 Å². The van der Waals surface area contributed by atoms with Crippen LogP contribution in [0.4, 0.5) is 10.1 Å². The van der Waals surface area contributed by atoms with Gasteiger partial charge in [-0.05, 0) is 36.6 Å². The third kappa shape index (κ3) is 3.18. The number of amides is 1. The molecule has 1 aromatic rings. The first kappa shape index (κ1) is 14.7. The summed E-state index contributed by atoms with van der Waals surface area (Å²) in [6.45, 7) is 2.21. The summed E-state index contributed by atoms with van der Waals surface area (Å²) in [7, 11) is 0. The molecule has 3 rings (SSSR count). The molecular weight excluding hydrogens is 289 g/mol. The largest absolute Gasteiger partial charge is 0.371 e. The normalized spacial score (nSPS) is 26.8. The van der Waals surface area contributed by atoms with Gasteiger partial charge in [0.05, 0.1) is 0 Å². The SMILES string of the molecule is O=C(NCC1CCN(c2ccc(F)cc2)C1)C1CC1[N+](=O)[O-]. The molecule has 1 saturated heterocycles. The Kier molecular flexibility index (Phi) is 3.96. The molecule has 2 fully saturated rings. The lowest BCUT2D eigenvalue weighted by atomic mass is 10.1. The Hall–Kier alpha value is -2.18. The highest BCUT2D eigenvalue weighted by Crippen LogP contribution is 2.33. The lowest BCUT2D eigenvalue weighted by molar-refractivity contribution is -0.497. The molecule has 1 heterocycles. The predicted molar refractivity (Wildman–Crippen MR) is 78.6 cm³/mol. The molecule has 3 unspecified atom stereocenters. The zero-order valence-electron chi connectivity index (χ0n) is 12.1.